The molecule has 1 heterocycles. The van der Waals surface area contributed by atoms with E-state index < -0.39 is 23.7 Å². The molecule has 0 spiro atoms. The average molecular weight is 428 g/mol. The Morgan fingerprint density at radius 3 is 2.19 bits per heavy atom. The number of carbonyl (C=O) groups excluding carboxylic acids is 4. The maximum absolute atomic E-state index is 12.8. The minimum absolute atomic E-state index is 0.262. The fraction of sp³-hybridized carbons (Fsp3) is 0.120. The summed E-state index contributed by atoms with van der Waals surface area (Å²) in [5, 5.41) is 2.73. The van der Waals surface area contributed by atoms with E-state index in [2.05, 4.69) is 5.32 Å². The molecule has 0 radical (unpaired) electrons. The number of carbonyl (C=O) groups is 4. The zero-order chi connectivity index (χ0) is 22.7. The monoisotopic (exact) mass is 428 g/mol. The highest BCUT2D eigenvalue weighted by Crippen LogP contribution is 2.29. The van der Waals surface area contributed by atoms with Crippen molar-refractivity contribution in [2.24, 2.45) is 0 Å². The first-order valence-corrected chi connectivity index (χ1v) is 10.2. The second-order valence-electron chi connectivity index (χ2n) is 7.21. The lowest BCUT2D eigenvalue weighted by molar-refractivity contribution is 0.0504. The molecule has 0 aromatic heterocycles. The van der Waals surface area contributed by atoms with Crippen molar-refractivity contribution in [2.45, 2.75) is 13.3 Å². The van der Waals surface area contributed by atoms with Crippen LogP contribution in [0.5, 0.6) is 0 Å². The number of anilines is 2. The molecule has 0 fully saturated rings. The molecule has 0 aliphatic carbocycles. The number of esters is 1. The van der Waals surface area contributed by atoms with Gasteiger partial charge in [-0.05, 0) is 55.0 Å². The summed E-state index contributed by atoms with van der Waals surface area (Å²) in [5.41, 5.74) is 1.99. The molecular formula is C25H20N2O5. The number of ether oxygens (including phenoxy) is 1. The summed E-state index contributed by atoms with van der Waals surface area (Å²) in [4.78, 5) is 51.3. The molecule has 160 valence electrons. The Bertz CT molecular complexity index is 1200. The van der Waals surface area contributed by atoms with Crippen LogP contribution in [0.3, 0.4) is 0 Å². The van der Waals surface area contributed by atoms with Gasteiger partial charge in [-0.1, -0.05) is 31.2 Å². The Morgan fingerprint density at radius 2 is 1.50 bits per heavy atom. The van der Waals surface area contributed by atoms with Gasteiger partial charge in [-0.2, -0.15) is 0 Å². The Morgan fingerprint density at radius 1 is 0.844 bits per heavy atom. The molecule has 4 rings (SSSR count). The van der Waals surface area contributed by atoms with Gasteiger partial charge in [-0.15, -0.1) is 0 Å². The van der Waals surface area contributed by atoms with Gasteiger partial charge in [0, 0.05) is 11.3 Å². The Labute approximate surface area is 184 Å². The third-order valence-corrected chi connectivity index (χ3v) is 4.95. The zero-order valence-corrected chi connectivity index (χ0v) is 17.3. The quantitative estimate of drug-likeness (QED) is 0.467. The van der Waals surface area contributed by atoms with E-state index in [1.165, 1.54) is 12.1 Å². The number of hydrogen-bond acceptors (Lipinski definition) is 5. The lowest BCUT2D eigenvalue weighted by Gasteiger charge is -2.15. The molecule has 3 aromatic carbocycles. The Balaban J connectivity index is 1.54. The first-order valence-electron chi connectivity index (χ1n) is 10.2. The highest BCUT2D eigenvalue weighted by atomic mass is 16.5. The molecule has 32 heavy (non-hydrogen) atoms. The highest BCUT2D eigenvalue weighted by Gasteiger charge is 2.36. The van der Waals surface area contributed by atoms with E-state index in [-0.39, 0.29) is 5.56 Å². The van der Waals surface area contributed by atoms with Crippen molar-refractivity contribution in [3.63, 3.8) is 0 Å². The zero-order valence-electron chi connectivity index (χ0n) is 17.3. The minimum Gasteiger partial charge on any atom is -0.462 e. The highest BCUT2D eigenvalue weighted by molar-refractivity contribution is 6.34. The first-order chi connectivity index (χ1) is 15.5. The second kappa shape index (κ2) is 8.85. The standard InChI is InChI=1S/C25H20N2O5/c1-2-13-32-25(31)17-8-5-9-18(14-17)26-22(28)16-7-6-10-19(15-16)27-23(29)20-11-3-4-12-21(20)24(27)30/h3-12,14-15H,2,13H2,1H3,(H,26,28). The second-order valence-corrected chi connectivity index (χ2v) is 7.21. The van der Waals surface area contributed by atoms with Crippen LogP contribution in [0, 0.1) is 0 Å². The summed E-state index contributed by atoms with van der Waals surface area (Å²) in [5.74, 6) is -1.76. The average Bonchev–Trinajstić information content (AvgIpc) is 3.08. The van der Waals surface area contributed by atoms with Crippen molar-refractivity contribution in [1.82, 2.24) is 0 Å². The third kappa shape index (κ3) is 4.00. The van der Waals surface area contributed by atoms with Gasteiger partial charge in [0.25, 0.3) is 17.7 Å². The van der Waals surface area contributed by atoms with Crippen molar-refractivity contribution in [3.05, 3.63) is 95.1 Å². The molecule has 1 N–H and O–H groups in total. The molecule has 0 saturated carbocycles. The van der Waals surface area contributed by atoms with Gasteiger partial charge in [0.2, 0.25) is 0 Å². The largest absolute Gasteiger partial charge is 0.462 e. The van der Waals surface area contributed by atoms with Crippen molar-refractivity contribution in [2.75, 3.05) is 16.8 Å². The van der Waals surface area contributed by atoms with E-state index in [0.29, 0.717) is 41.1 Å². The van der Waals surface area contributed by atoms with E-state index >= 15 is 0 Å². The van der Waals surface area contributed by atoms with Crippen molar-refractivity contribution < 1.29 is 23.9 Å². The lowest BCUT2D eigenvalue weighted by Crippen LogP contribution is -2.29. The van der Waals surface area contributed by atoms with Crippen LogP contribution in [-0.4, -0.2) is 30.3 Å². The summed E-state index contributed by atoms with van der Waals surface area (Å²) in [6, 6.07) is 19.3. The maximum Gasteiger partial charge on any atom is 0.338 e. The molecule has 3 aromatic rings. The number of amides is 3. The summed E-state index contributed by atoms with van der Waals surface area (Å²) in [7, 11) is 0. The van der Waals surface area contributed by atoms with Crippen LogP contribution in [0.1, 0.15) is 54.8 Å². The van der Waals surface area contributed by atoms with Crippen LogP contribution in [0.15, 0.2) is 72.8 Å². The maximum atomic E-state index is 12.8. The molecule has 0 unspecified atom stereocenters. The number of hydrogen-bond donors (Lipinski definition) is 1. The van der Waals surface area contributed by atoms with Gasteiger partial charge in [0.15, 0.2) is 0 Å². The van der Waals surface area contributed by atoms with Crippen molar-refractivity contribution in [3.8, 4) is 0 Å². The predicted octanol–water partition coefficient (Wildman–Crippen LogP) is 4.31. The van der Waals surface area contributed by atoms with E-state index in [0.717, 1.165) is 4.90 Å². The van der Waals surface area contributed by atoms with Crippen molar-refractivity contribution in [1.29, 1.82) is 0 Å². The fourth-order valence-corrected chi connectivity index (χ4v) is 3.42. The number of benzene rings is 3. The molecule has 7 heteroatoms. The molecule has 0 atom stereocenters. The van der Waals surface area contributed by atoms with Gasteiger partial charge < -0.3 is 10.1 Å². The third-order valence-electron chi connectivity index (χ3n) is 4.95. The van der Waals surface area contributed by atoms with Crippen LogP contribution in [-0.2, 0) is 4.74 Å². The molecule has 7 nitrogen and oxygen atoms in total. The number of nitrogens with one attached hydrogen (secondary N) is 1. The van der Waals surface area contributed by atoms with Crippen LogP contribution in [0.25, 0.3) is 0 Å². The van der Waals surface area contributed by atoms with E-state index in [4.69, 9.17) is 4.74 Å². The summed E-state index contributed by atoms with van der Waals surface area (Å²) >= 11 is 0. The molecular weight excluding hydrogens is 408 g/mol. The van der Waals surface area contributed by atoms with Crippen LogP contribution < -0.4 is 10.2 Å². The number of nitrogens with zero attached hydrogens (tertiary/aromatic N) is 1. The fourth-order valence-electron chi connectivity index (χ4n) is 3.42. The first kappa shape index (κ1) is 21.0. The van der Waals surface area contributed by atoms with E-state index in [1.807, 2.05) is 6.92 Å². The number of fused-ring (bicyclic) bond motifs is 1. The number of rotatable bonds is 6. The lowest BCUT2D eigenvalue weighted by atomic mass is 10.1. The Hall–Kier alpha value is -4.26. The smallest absolute Gasteiger partial charge is 0.338 e. The van der Waals surface area contributed by atoms with Gasteiger partial charge in [-0.25, -0.2) is 9.69 Å². The van der Waals surface area contributed by atoms with Crippen LogP contribution in [0.4, 0.5) is 11.4 Å². The topological polar surface area (TPSA) is 92.8 Å². The van der Waals surface area contributed by atoms with Gasteiger partial charge in [-0.3, -0.25) is 14.4 Å². The molecule has 1 aliphatic rings. The molecule has 1 aliphatic heterocycles. The van der Waals surface area contributed by atoms with Gasteiger partial charge >= 0.3 is 5.97 Å². The Kier molecular flexibility index (Phi) is 5.81. The van der Waals surface area contributed by atoms with Gasteiger partial charge in [0.05, 0.1) is 29.0 Å². The summed E-state index contributed by atoms with van der Waals surface area (Å²) < 4.78 is 5.12. The normalized spacial score (nSPS) is 12.5. The van der Waals surface area contributed by atoms with Crippen LogP contribution in [0.2, 0.25) is 0 Å². The SMILES string of the molecule is CCCOC(=O)c1cccc(NC(=O)c2cccc(N3C(=O)c4ccccc4C3=O)c2)c1. The predicted molar refractivity (Wildman–Crippen MR) is 119 cm³/mol. The molecule has 3 amide bonds. The number of imide groups is 1. The molecule has 0 saturated heterocycles. The van der Waals surface area contributed by atoms with Crippen molar-refractivity contribution >= 4 is 35.1 Å². The molecule has 0 bridgehead atoms. The van der Waals surface area contributed by atoms with Gasteiger partial charge in [0.1, 0.15) is 0 Å². The summed E-state index contributed by atoms with van der Waals surface area (Å²) in [6.45, 7) is 2.22. The summed E-state index contributed by atoms with van der Waals surface area (Å²) in [6.07, 6.45) is 0.714. The minimum atomic E-state index is -0.462. The van der Waals surface area contributed by atoms with E-state index in [1.54, 1.807) is 60.7 Å². The van der Waals surface area contributed by atoms with Crippen LogP contribution >= 0.6 is 0 Å². The van der Waals surface area contributed by atoms with E-state index in [9.17, 15) is 19.2 Å².